The van der Waals surface area contributed by atoms with Gasteiger partial charge < -0.3 is 4.74 Å². The molecule has 3 heterocycles. The molecule has 0 aliphatic heterocycles. The Bertz CT molecular complexity index is 1520. The van der Waals surface area contributed by atoms with Gasteiger partial charge >= 0.3 is 0 Å². The van der Waals surface area contributed by atoms with Gasteiger partial charge in [-0.2, -0.15) is 0 Å². The molecule has 2 aromatic carbocycles. The highest BCUT2D eigenvalue weighted by molar-refractivity contribution is 6.05. The van der Waals surface area contributed by atoms with Crippen molar-refractivity contribution in [2.75, 3.05) is 13.7 Å². The number of ether oxygens (including phenoxy) is 1. The summed E-state index contributed by atoms with van der Waals surface area (Å²) >= 11 is 0. The van der Waals surface area contributed by atoms with Gasteiger partial charge in [0.15, 0.2) is 11.3 Å². The lowest BCUT2D eigenvalue weighted by molar-refractivity contribution is 0.189. The van der Waals surface area contributed by atoms with E-state index in [0.717, 1.165) is 0 Å². The molecule has 5 aromatic rings. The SMILES string of the molecule is CCc1nc2c(c(=O)n1CCCOC)c1nc3ccccc3nc1n2-c1cccc(F)c1. The second-order valence-electron chi connectivity index (χ2n) is 7.58. The number of hydrogen-bond donors (Lipinski definition) is 0. The van der Waals surface area contributed by atoms with Crippen LogP contribution in [0.25, 0.3) is 38.9 Å². The predicted molar refractivity (Wildman–Crippen MR) is 122 cm³/mol. The lowest BCUT2D eigenvalue weighted by Crippen LogP contribution is -2.26. The minimum Gasteiger partial charge on any atom is -0.385 e. The van der Waals surface area contributed by atoms with Crippen molar-refractivity contribution in [1.82, 2.24) is 24.1 Å². The topological polar surface area (TPSA) is 74.8 Å². The number of aryl methyl sites for hydroxylation is 1. The van der Waals surface area contributed by atoms with Crippen LogP contribution in [0.1, 0.15) is 19.2 Å². The Kier molecular flexibility index (Phi) is 5.14. The van der Waals surface area contributed by atoms with Gasteiger partial charge in [0.25, 0.3) is 5.56 Å². The summed E-state index contributed by atoms with van der Waals surface area (Å²) in [4.78, 5) is 28.1. The number of hydrogen-bond acceptors (Lipinski definition) is 5. The van der Waals surface area contributed by atoms with Crippen LogP contribution in [-0.4, -0.2) is 37.8 Å². The summed E-state index contributed by atoms with van der Waals surface area (Å²) in [5.41, 5.74) is 3.12. The third-order valence-corrected chi connectivity index (χ3v) is 5.55. The maximum Gasteiger partial charge on any atom is 0.265 e. The second-order valence-corrected chi connectivity index (χ2v) is 7.58. The Labute approximate surface area is 183 Å². The first-order valence-corrected chi connectivity index (χ1v) is 10.6. The maximum absolute atomic E-state index is 14.1. The van der Waals surface area contributed by atoms with Crippen LogP contribution in [-0.2, 0) is 17.7 Å². The molecular weight excluding hydrogens is 409 g/mol. The van der Waals surface area contributed by atoms with Crippen molar-refractivity contribution in [2.24, 2.45) is 0 Å². The molecule has 0 N–H and O–H groups in total. The zero-order valence-electron chi connectivity index (χ0n) is 17.9. The fourth-order valence-corrected chi connectivity index (χ4v) is 4.10. The van der Waals surface area contributed by atoms with Crippen molar-refractivity contribution in [3.8, 4) is 5.69 Å². The van der Waals surface area contributed by atoms with Gasteiger partial charge in [-0.25, -0.2) is 19.3 Å². The van der Waals surface area contributed by atoms with E-state index in [1.165, 1.54) is 12.1 Å². The monoisotopic (exact) mass is 431 g/mol. The van der Waals surface area contributed by atoms with E-state index in [4.69, 9.17) is 19.7 Å². The first-order chi connectivity index (χ1) is 15.6. The van der Waals surface area contributed by atoms with Crippen molar-refractivity contribution in [3.05, 3.63) is 70.5 Å². The summed E-state index contributed by atoms with van der Waals surface area (Å²) in [6.45, 7) is 3.00. The average molecular weight is 431 g/mol. The molecule has 0 spiro atoms. The van der Waals surface area contributed by atoms with Crippen molar-refractivity contribution < 1.29 is 9.13 Å². The molecule has 0 aliphatic rings. The Morgan fingerprint density at radius 1 is 1.00 bits per heavy atom. The van der Waals surface area contributed by atoms with Crippen LogP contribution in [0.5, 0.6) is 0 Å². The fraction of sp³-hybridized carbons (Fsp3) is 0.250. The van der Waals surface area contributed by atoms with Gasteiger partial charge in [0.2, 0.25) is 0 Å². The van der Waals surface area contributed by atoms with Crippen molar-refractivity contribution in [2.45, 2.75) is 26.3 Å². The number of halogens is 1. The standard InChI is InChI=1S/C24H22FN5O2/c1-3-19-28-22-20(24(31)29(19)12-7-13-32-2)21-23(27-18-11-5-4-10-17(18)26-21)30(22)16-9-6-8-15(25)14-16/h4-6,8-11,14H,3,7,12-13H2,1-2H3. The molecule has 3 aromatic heterocycles. The summed E-state index contributed by atoms with van der Waals surface area (Å²) in [6.07, 6.45) is 1.26. The van der Waals surface area contributed by atoms with Gasteiger partial charge in [-0.3, -0.25) is 13.9 Å². The number of nitrogens with zero attached hydrogens (tertiary/aromatic N) is 5. The smallest absolute Gasteiger partial charge is 0.265 e. The van der Waals surface area contributed by atoms with E-state index in [9.17, 15) is 9.18 Å². The molecule has 0 radical (unpaired) electrons. The first kappa shape index (κ1) is 20.3. The number of rotatable bonds is 6. The van der Waals surface area contributed by atoms with E-state index >= 15 is 0 Å². The van der Waals surface area contributed by atoms with Crippen LogP contribution in [0.3, 0.4) is 0 Å². The molecule has 5 rings (SSSR count). The summed E-state index contributed by atoms with van der Waals surface area (Å²) in [6, 6.07) is 13.7. The first-order valence-electron chi connectivity index (χ1n) is 10.6. The largest absolute Gasteiger partial charge is 0.385 e. The molecule has 162 valence electrons. The second kappa shape index (κ2) is 8.12. The van der Waals surface area contributed by atoms with Crippen LogP contribution in [0.2, 0.25) is 0 Å². The van der Waals surface area contributed by atoms with E-state index in [-0.39, 0.29) is 11.4 Å². The van der Waals surface area contributed by atoms with Gasteiger partial charge in [0, 0.05) is 26.7 Å². The fourth-order valence-electron chi connectivity index (χ4n) is 4.10. The number of para-hydroxylation sites is 2. The van der Waals surface area contributed by atoms with Gasteiger partial charge in [0.05, 0.1) is 16.7 Å². The number of benzene rings is 2. The molecule has 8 heteroatoms. The van der Waals surface area contributed by atoms with E-state index < -0.39 is 0 Å². The van der Waals surface area contributed by atoms with Crippen LogP contribution < -0.4 is 5.56 Å². The molecule has 0 bridgehead atoms. The molecule has 0 aliphatic carbocycles. The zero-order chi connectivity index (χ0) is 22.2. The van der Waals surface area contributed by atoms with E-state index in [0.29, 0.717) is 70.7 Å². The number of methoxy groups -OCH3 is 1. The summed E-state index contributed by atoms with van der Waals surface area (Å²) < 4.78 is 22.7. The van der Waals surface area contributed by atoms with Crippen LogP contribution in [0.4, 0.5) is 4.39 Å². The van der Waals surface area contributed by atoms with E-state index in [1.807, 2.05) is 31.2 Å². The predicted octanol–water partition coefficient (Wildman–Crippen LogP) is 4.02. The molecule has 0 amide bonds. The molecule has 32 heavy (non-hydrogen) atoms. The van der Waals surface area contributed by atoms with Gasteiger partial charge in [-0.15, -0.1) is 0 Å². The highest BCUT2D eigenvalue weighted by Crippen LogP contribution is 2.29. The highest BCUT2D eigenvalue weighted by Gasteiger charge is 2.22. The summed E-state index contributed by atoms with van der Waals surface area (Å²) in [5.74, 6) is 0.276. The van der Waals surface area contributed by atoms with Crippen LogP contribution >= 0.6 is 0 Å². The molecule has 0 saturated carbocycles. The third kappa shape index (κ3) is 3.23. The summed E-state index contributed by atoms with van der Waals surface area (Å²) in [5, 5.41) is 0.386. The lowest BCUT2D eigenvalue weighted by atomic mass is 10.2. The zero-order valence-corrected chi connectivity index (χ0v) is 17.9. The lowest BCUT2D eigenvalue weighted by Gasteiger charge is -2.12. The normalized spacial score (nSPS) is 11.7. The number of fused-ring (bicyclic) bond motifs is 4. The molecule has 7 nitrogen and oxygen atoms in total. The van der Waals surface area contributed by atoms with Gasteiger partial charge in [-0.05, 0) is 36.8 Å². The molecule has 0 saturated heterocycles. The Morgan fingerprint density at radius 3 is 2.50 bits per heavy atom. The van der Waals surface area contributed by atoms with Crippen molar-refractivity contribution >= 4 is 33.2 Å². The Hall–Kier alpha value is -3.65. The van der Waals surface area contributed by atoms with Crippen LogP contribution in [0.15, 0.2) is 53.3 Å². The van der Waals surface area contributed by atoms with Crippen LogP contribution in [0, 0.1) is 5.82 Å². The van der Waals surface area contributed by atoms with E-state index in [2.05, 4.69) is 0 Å². The highest BCUT2D eigenvalue weighted by atomic mass is 19.1. The third-order valence-electron chi connectivity index (χ3n) is 5.55. The quantitative estimate of drug-likeness (QED) is 0.380. The molecular formula is C24H22FN5O2. The average Bonchev–Trinajstić information content (AvgIpc) is 3.12. The maximum atomic E-state index is 14.1. The van der Waals surface area contributed by atoms with Crippen molar-refractivity contribution in [3.63, 3.8) is 0 Å². The Morgan fingerprint density at radius 2 is 1.78 bits per heavy atom. The van der Waals surface area contributed by atoms with Gasteiger partial charge in [-0.1, -0.05) is 25.1 Å². The van der Waals surface area contributed by atoms with Gasteiger partial charge in [0.1, 0.15) is 22.5 Å². The van der Waals surface area contributed by atoms with Crippen molar-refractivity contribution in [1.29, 1.82) is 0 Å². The minimum absolute atomic E-state index is 0.173. The van der Waals surface area contributed by atoms with E-state index in [1.54, 1.807) is 28.4 Å². The Balaban J connectivity index is 1.93. The molecule has 0 atom stereocenters. The number of aromatic nitrogens is 5. The molecule has 0 fully saturated rings. The summed E-state index contributed by atoms with van der Waals surface area (Å²) in [7, 11) is 1.64. The minimum atomic E-state index is -0.380. The molecule has 0 unspecified atom stereocenters.